The second-order valence-corrected chi connectivity index (χ2v) is 14.8. The molecule has 20 heteroatoms. The van der Waals surface area contributed by atoms with Crippen LogP contribution in [0.1, 0.15) is 66.7 Å². The topological polar surface area (TPSA) is 354 Å². The third kappa shape index (κ3) is 7.23. The van der Waals surface area contributed by atoms with E-state index in [0.29, 0.717) is 0 Å². The summed E-state index contributed by atoms with van der Waals surface area (Å²) in [5.74, 6) is -15.5. The van der Waals surface area contributed by atoms with Crippen molar-refractivity contribution in [1.29, 1.82) is 0 Å². The quantitative estimate of drug-likeness (QED) is 0.0744. The summed E-state index contributed by atoms with van der Waals surface area (Å²) in [5, 5.41) is 148. The molecule has 0 saturated carbocycles. The normalized spacial score (nSPS) is 18.7. The van der Waals surface area contributed by atoms with Crippen LogP contribution in [0, 0.1) is 0 Å². The van der Waals surface area contributed by atoms with Gasteiger partial charge in [-0.05, 0) is 48.5 Å². The molecular formula is C44H34O20. The van der Waals surface area contributed by atoms with E-state index < -0.39 is 146 Å². The van der Waals surface area contributed by atoms with Gasteiger partial charge >= 0.3 is 11.9 Å². The van der Waals surface area contributed by atoms with Crippen molar-refractivity contribution in [2.24, 2.45) is 0 Å². The van der Waals surface area contributed by atoms with Crippen LogP contribution in [0.5, 0.6) is 92.0 Å². The molecule has 6 aromatic rings. The van der Waals surface area contributed by atoms with Gasteiger partial charge in [-0.1, -0.05) is 12.1 Å². The van der Waals surface area contributed by atoms with Crippen molar-refractivity contribution >= 4 is 11.9 Å². The first-order valence-electron chi connectivity index (χ1n) is 18.7. The van der Waals surface area contributed by atoms with Crippen molar-refractivity contribution < 1.29 is 100 Å². The number of benzene rings is 6. The highest BCUT2D eigenvalue weighted by molar-refractivity contribution is 5.92. The first-order valence-corrected chi connectivity index (χ1v) is 18.7. The Balaban J connectivity index is 1.30. The standard InChI is InChI=1S/C44H34O20/c45-19-11-25(50)34-32(12-19)62-41(16-2-4-22(47)24(49)6-16)42(64-44(60)18-9-29(54)39(58)30(55)10-18)36(34)35-26(51)14-31-20(37(35)56)13-33(40(61-31)15-1-3-21(46)23(48)5-15)63-43(59)17-7-27(52)38(57)28(53)8-17/h1-12,14,33,36,40-42,45-58H,13H2/t33-,36-,40-,41-,42-/m1/s1. The number of ether oxygens (including phenoxy) is 4. The molecule has 0 unspecified atom stereocenters. The smallest absolute Gasteiger partial charge is 0.338 e. The van der Waals surface area contributed by atoms with Gasteiger partial charge in [0.2, 0.25) is 0 Å². The minimum absolute atomic E-state index is 0.0264. The largest absolute Gasteiger partial charge is 0.508 e. The summed E-state index contributed by atoms with van der Waals surface area (Å²) in [7, 11) is 0. The molecule has 0 amide bonds. The Hall–Kier alpha value is -8.94. The second kappa shape index (κ2) is 15.5. The molecule has 64 heavy (non-hydrogen) atoms. The lowest BCUT2D eigenvalue weighted by Crippen LogP contribution is -2.39. The first kappa shape index (κ1) is 41.8. The fourth-order valence-corrected chi connectivity index (χ4v) is 7.73. The van der Waals surface area contributed by atoms with E-state index in [-0.39, 0.29) is 33.8 Å². The van der Waals surface area contributed by atoms with Crippen LogP contribution >= 0.6 is 0 Å². The average Bonchev–Trinajstić information content (AvgIpc) is 3.23. The molecule has 0 aromatic heterocycles. The molecule has 330 valence electrons. The van der Waals surface area contributed by atoms with Gasteiger partial charge in [-0.3, -0.25) is 0 Å². The molecule has 0 bridgehead atoms. The van der Waals surface area contributed by atoms with E-state index in [1.54, 1.807) is 0 Å². The number of phenolic OH excluding ortho intramolecular Hbond substituents is 14. The minimum Gasteiger partial charge on any atom is -0.508 e. The van der Waals surface area contributed by atoms with E-state index >= 15 is 0 Å². The summed E-state index contributed by atoms with van der Waals surface area (Å²) < 4.78 is 24.1. The lowest BCUT2D eigenvalue weighted by molar-refractivity contribution is -0.0277. The van der Waals surface area contributed by atoms with Gasteiger partial charge in [-0.25, -0.2) is 9.59 Å². The summed E-state index contributed by atoms with van der Waals surface area (Å²) in [6.07, 6.45) is -6.83. The van der Waals surface area contributed by atoms with Crippen LogP contribution in [0.4, 0.5) is 0 Å². The molecule has 2 aliphatic heterocycles. The van der Waals surface area contributed by atoms with Gasteiger partial charge in [0.1, 0.15) is 40.6 Å². The molecule has 0 radical (unpaired) electrons. The number of fused-ring (bicyclic) bond motifs is 2. The Kier molecular flexibility index (Phi) is 10.1. The predicted molar refractivity (Wildman–Crippen MR) is 213 cm³/mol. The van der Waals surface area contributed by atoms with E-state index in [9.17, 15) is 81.1 Å². The van der Waals surface area contributed by atoms with E-state index in [1.165, 1.54) is 12.1 Å². The van der Waals surface area contributed by atoms with Crippen molar-refractivity contribution in [2.75, 3.05) is 0 Å². The number of aromatic hydroxyl groups is 14. The van der Waals surface area contributed by atoms with Crippen LogP contribution in [0.2, 0.25) is 0 Å². The number of hydrogen-bond donors (Lipinski definition) is 14. The van der Waals surface area contributed by atoms with Crippen LogP contribution in [0.15, 0.2) is 78.9 Å². The van der Waals surface area contributed by atoms with Gasteiger partial charge in [-0.2, -0.15) is 0 Å². The zero-order valence-electron chi connectivity index (χ0n) is 32.3. The number of rotatable bonds is 7. The second-order valence-electron chi connectivity index (χ2n) is 14.8. The maximum absolute atomic E-state index is 14.0. The third-order valence-corrected chi connectivity index (χ3v) is 10.8. The molecule has 0 aliphatic carbocycles. The van der Waals surface area contributed by atoms with E-state index in [0.717, 1.165) is 66.7 Å². The molecule has 6 aromatic carbocycles. The fraction of sp³-hybridized carbons (Fsp3) is 0.136. The predicted octanol–water partition coefficient (Wildman–Crippen LogP) is 4.96. The van der Waals surface area contributed by atoms with Crippen LogP contribution in [0.25, 0.3) is 0 Å². The number of esters is 2. The Labute approximate surface area is 358 Å². The third-order valence-electron chi connectivity index (χ3n) is 10.8. The number of carbonyl (C=O) groups excluding carboxylic acids is 2. The molecule has 0 saturated heterocycles. The number of hydrogen-bond acceptors (Lipinski definition) is 20. The van der Waals surface area contributed by atoms with Crippen LogP contribution in [-0.4, -0.2) is 95.6 Å². The highest BCUT2D eigenvalue weighted by atomic mass is 16.6. The minimum atomic E-state index is -1.85. The van der Waals surface area contributed by atoms with Gasteiger partial charge in [0.05, 0.1) is 17.0 Å². The Morgan fingerprint density at radius 2 is 0.938 bits per heavy atom. The summed E-state index contributed by atoms with van der Waals surface area (Å²) in [5.41, 5.74) is -1.93. The van der Waals surface area contributed by atoms with Crippen molar-refractivity contribution in [3.8, 4) is 92.0 Å². The highest BCUT2D eigenvalue weighted by Crippen LogP contribution is 2.58. The molecular weight excluding hydrogens is 848 g/mol. The highest BCUT2D eigenvalue weighted by Gasteiger charge is 2.49. The van der Waals surface area contributed by atoms with Crippen molar-refractivity contribution in [3.63, 3.8) is 0 Å². The van der Waals surface area contributed by atoms with Gasteiger partial charge < -0.3 is 90.4 Å². The monoisotopic (exact) mass is 882 g/mol. The first-order chi connectivity index (χ1) is 30.3. The fourth-order valence-electron chi connectivity index (χ4n) is 7.73. The van der Waals surface area contributed by atoms with Gasteiger partial charge in [0.25, 0.3) is 0 Å². The van der Waals surface area contributed by atoms with Crippen molar-refractivity contribution in [3.05, 3.63) is 118 Å². The maximum Gasteiger partial charge on any atom is 0.338 e. The van der Waals surface area contributed by atoms with Gasteiger partial charge in [0.15, 0.2) is 75.8 Å². The lowest BCUT2D eigenvalue weighted by atomic mass is 9.77. The van der Waals surface area contributed by atoms with Crippen LogP contribution in [-0.2, 0) is 15.9 Å². The molecule has 8 rings (SSSR count). The lowest BCUT2D eigenvalue weighted by Gasteiger charge is -2.41. The summed E-state index contributed by atoms with van der Waals surface area (Å²) >= 11 is 0. The SMILES string of the molecule is O=C(O[C@@H]1[C@@H](c2c(O)cc3c(c2O)C[C@@H](OC(=O)c2cc(O)c(O)c(O)c2)[C@@H](c2ccc(O)c(O)c2)O3)c2c(O)cc(O)cc2O[C@@H]1c1ccc(O)c(O)c1)c1cc(O)c(O)c(O)c1. The summed E-state index contributed by atoms with van der Waals surface area (Å²) in [4.78, 5) is 27.5. The molecule has 14 N–H and O–H groups in total. The molecule has 20 nitrogen and oxygen atoms in total. The summed E-state index contributed by atoms with van der Waals surface area (Å²) in [6.45, 7) is 0. The zero-order valence-corrected chi connectivity index (χ0v) is 32.3. The zero-order chi connectivity index (χ0) is 46.0. The van der Waals surface area contributed by atoms with E-state index in [2.05, 4.69) is 0 Å². The van der Waals surface area contributed by atoms with Gasteiger partial charge in [0, 0.05) is 52.4 Å². The molecule has 5 atom stereocenters. The van der Waals surface area contributed by atoms with E-state index in [1.807, 2.05) is 0 Å². The Morgan fingerprint density at radius 3 is 1.47 bits per heavy atom. The molecule has 2 heterocycles. The Bertz CT molecular complexity index is 2860. The molecule has 2 aliphatic rings. The average molecular weight is 883 g/mol. The van der Waals surface area contributed by atoms with Crippen molar-refractivity contribution in [1.82, 2.24) is 0 Å². The number of carbonyl (C=O) groups is 2. The maximum atomic E-state index is 14.0. The van der Waals surface area contributed by atoms with E-state index in [4.69, 9.17) is 18.9 Å². The number of phenols is 14. The van der Waals surface area contributed by atoms with Crippen molar-refractivity contribution in [2.45, 2.75) is 36.8 Å². The molecule has 0 fully saturated rings. The molecule has 0 spiro atoms. The Morgan fingerprint density at radius 1 is 0.453 bits per heavy atom. The van der Waals surface area contributed by atoms with Crippen LogP contribution in [0.3, 0.4) is 0 Å². The summed E-state index contributed by atoms with van der Waals surface area (Å²) in [6, 6.07) is 12.9. The van der Waals surface area contributed by atoms with Gasteiger partial charge in [-0.15, -0.1) is 0 Å². The van der Waals surface area contributed by atoms with Crippen LogP contribution < -0.4 is 9.47 Å².